The van der Waals surface area contributed by atoms with Crippen LogP contribution in [0.4, 0.5) is 4.79 Å². The molecule has 0 aromatic heterocycles. The number of likely N-dealkylation sites (tertiary alicyclic amines) is 1. The molecule has 1 saturated heterocycles. The number of carbonyl (C=O) groups is 2. The topological polar surface area (TPSA) is 81.7 Å². The van der Waals surface area contributed by atoms with E-state index in [0.29, 0.717) is 0 Å². The maximum Gasteiger partial charge on any atom is 0.315 e. The van der Waals surface area contributed by atoms with Crippen LogP contribution in [0.5, 0.6) is 0 Å². The molecule has 0 radical (unpaired) electrons. The monoisotopic (exact) mass is 269 g/mol. The predicted octanol–water partition coefficient (Wildman–Crippen LogP) is 0.777. The Labute approximate surface area is 113 Å². The zero-order valence-electron chi connectivity index (χ0n) is 11.4. The summed E-state index contributed by atoms with van der Waals surface area (Å²) in [6.45, 7) is 1.98. The number of piperidine rings is 1. The van der Waals surface area contributed by atoms with Crippen LogP contribution in [0, 0.1) is 0 Å². The van der Waals surface area contributed by atoms with Crippen molar-refractivity contribution in [1.82, 2.24) is 15.5 Å². The van der Waals surface area contributed by atoms with Crippen LogP contribution in [0.3, 0.4) is 0 Å². The predicted molar refractivity (Wildman–Crippen MR) is 71.0 cm³/mol. The standard InChI is InChI=1S/C13H23N3O3/c1-16-7-3-10(4-8-16)14-12(19)15-13(5-2-6-13)9-11(17)18/h10H,2-9H2,1H3,(H,17,18)(H2,14,15,19). The third-order valence-corrected chi connectivity index (χ3v) is 4.23. The van der Waals surface area contributed by atoms with E-state index in [1.165, 1.54) is 0 Å². The van der Waals surface area contributed by atoms with Crippen LogP contribution in [0.1, 0.15) is 38.5 Å². The SMILES string of the molecule is CN1CCC(NC(=O)NC2(CC(=O)O)CCC2)CC1. The van der Waals surface area contributed by atoms with Gasteiger partial charge in [-0.3, -0.25) is 4.79 Å². The number of urea groups is 1. The smallest absolute Gasteiger partial charge is 0.315 e. The number of aliphatic carboxylic acids is 1. The highest BCUT2D eigenvalue weighted by Crippen LogP contribution is 2.34. The first kappa shape index (κ1) is 14.1. The molecular weight excluding hydrogens is 246 g/mol. The van der Waals surface area contributed by atoms with Gasteiger partial charge in [0.15, 0.2) is 0 Å². The molecule has 0 spiro atoms. The van der Waals surface area contributed by atoms with Crippen molar-refractivity contribution in [2.24, 2.45) is 0 Å². The second-order valence-electron chi connectivity index (χ2n) is 5.88. The number of rotatable bonds is 4. The van der Waals surface area contributed by atoms with Crippen LogP contribution in [0.15, 0.2) is 0 Å². The summed E-state index contributed by atoms with van der Waals surface area (Å²) < 4.78 is 0. The minimum atomic E-state index is -0.848. The van der Waals surface area contributed by atoms with Crippen molar-refractivity contribution in [3.8, 4) is 0 Å². The minimum absolute atomic E-state index is 0.0217. The molecule has 108 valence electrons. The zero-order chi connectivity index (χ0) is 13.9. The van der Waals surface area contributed by atoms with Crippen molar-refractivity contribution in [3.05, 3.63) is 0 Å². The number of carbonyl (C=O) groups excluding carboxylic acids is 1. The van der Waals surface area contributed by atoms with Gasteiger partial charge in [0.2, 0.25) is 0 Å². The van der Waals surface area contributed by atoms with Gasteiger partial charge in [-0.15, -0.1) is 0 Å². The molecule has 0 aromatic carbocycles. The fourth-order valence-electron chi connectivity index (χ4n) is 2.85. The number of hydrogen-bond donors (Lipinski definition) is 3. The molecule has 3 N–H and O–H groups in total. The summed E-state index contributed by atoms with van der Waals surface area (Å²) in [7, 11) is 2.08. The molecule has 0 bridgehead atoms. The third-order valence-electron chi connectivity index (χ3n) is 4.23. The summed E-state index contributed by atoms with van der Waals surface area (Å²) in [5, 5.41) is 14.7. The molecule has 6 heteroatoms. The maximum atomic E-state index is 12.0. The molecule has 1 heterocycles. The van der Waals surface area contributed by atoms with Gasteiger partial charge in [0.1, 0.15) is 0 Å². The average Bonchev–Trinajstić information content (AvgIpc) is 2.28. The molecule has 2 rings (SSSR count). The summed E-state index contributed by atoms with van der Waals surface area (Å²) >= 11 is 0. The molecule has 1 aliphatic carbocycles. The Morgan fingerprint density at radius 2 is 1.95 bits per heavy atom. The van der Waals surface area contributed by atoms with Crippen LogP contribution in [-0.2, 0) is 4.79 Å². The highest BCUT2D eigenvalue weighted by Gasteiger charge is 2.40. The van der Waals surface area contributed by atoms with E-state index in [0.717, 1.165) is 45.2 Å². The van der Waals surface area contributed by atoms with Crippen molar-refractivity contribution < 1.29 is 14.7 Å². The highest BCUT2D eigenvalue weighted by molar-refractivity contribution is 5.77. The van der Waals surface area contributed by atoms with Gasteiger partial charge in [0.05, 0.1) is 12.0 Å². The van der Waals surface area contributed by atoms with Gasteiger partial charge in [0, 0.05) is 6.04 Å². The normalized spacial score (nSPS) is 23.4. The van der Waals surface area contributed by atoms with Gasteiger partial charge in [-0.05, 0) is 52.2 Å². The molecule has 2 aliphatic rings. The Bertz CT molecular complexity index is 347. The number of amides is 2. The summed E-state index contributed by atoms with van der Waals surface area (Å²) in [6.07, 6.45) is 4.45. The first-order valence-electron chi connectivity index (χ1n) is 6.98. The van der Waals surface area contributed by atoms with E-state index in [-0.39, 0.29) is 18.5 Å². The van der Waals surface area contributed by atoms with E-state index >= 15 is 0 Å². The van der Waals surface area contributed by atoms with E-state index in [1.807, 2.05) is 0 Å². The van der Waals surface area contributed by atoms with Gasteiger partial charge in [-0.1, -0.05) is 0 Å². The lowest BCUT2D eigenvalue weighted by Gasteiger charge is -2.42. The molecular formula is C13H23N3O3. The van der Waals surface area contributed by atoms with Gasteiger partial charge < -0.3 is 20.6 Å². The Balaban J connectivity index is 1.78. The largest absolute Gasteiger partial charge is 0.481 e. The first-order valence-corrected chi connectivity index (χ1v) is 6.98. The van der Waals surface area contributed by atoms with Gasteiger partial charge >= 0.3 is 12.0 Å². The maximum absolute atomic E-state index is 12.0. The van der Waals surface area contributed by atoms with Crippen LogP contribution >= 0.6 is 0 Å². The first-order chi connectivity index (χ1) is 8.99. The molecule has 2 fully saturated rings. The van der Waals surface area contributed by atoms with E-state index in [4.69, 9.17) is 5.11 Å². The Morgan fingerprint density at radius 3 is 2.42 bits per heavy atom. The molecule has 0 unspecified atom stereocenters. The molecule has 6 nitrogen and oxygen atoms in total. The van der Waals surface area contributed by atoms with Crippen LogP contribution in [0.25, 0.3) is 0 Å². The lowest BCUT2D eigenvalue weighted by atomic mass is 9.74. The Hall–Kier alpha value is -1.30. The summed E-state index contributed by atoms with van der Waals surface area (Å²) in [5.74, 6) is -0.848. The van der Waals surface area contributed by atoms with Crippen molar-refractivity contribution in [2.75, 3.05) is 20.1 Å². The van der Waals surface area contributed by atoms with Crippen molar-refractivity contribution >= 4 is 12.0 Å². The van der Waals surface area contributed by atoms with E-state index in [9.17, 15) is 9.59 Å². The molecule has 1 aliphatic heterocycles. The summed E-state index contributed by atoms with van der Waals surface area (Å²) in [5.41, 5.74) is -0.513. The number of carboxylic acids is 1. The fourth-order valence-corrected chi connectivity index (χ4v) is 2.85. The van der Waals surface area contributed by atoms with Gasteiger partial charge in [-0.2, -0.15) is 0 Å². The molecule has 1 saturated carbocycles. The van der Waals surface area contributed by atoms with Crippen LogP contribution in [0.2, 0.25) is 0 Å². The van der Waals surface area contributed by atoms with Crippen LogP contribution in [-0.4, -0.2) is 53.7 Å². The van der Waals surface area contributed by atoms with Crippen molar-refractivity contribution in [1.29, 1.82) is 0 Å². The van der Waals surface area contributed by atoms with E-state index in [2.05, 4.69) is 22.6 Å². The third kappa shape index (κ3) is 3.83. The summed E-state index contributed by atoms with van der Waals surface area (Å²) in [4.78, 5) is 25.0. The molecule has 2 amide bonds. The lowest BCUT2D eigenvalue weighted by molar-refractivity contribution is -0.139. The molecule has 19 heavy (non-hydrogen) atoms. The van der Waals surface area contributed by atoms with Gasteiger partial charge in [-0.25, -0.2) is 4.79 Å². The van der Waals surface area contributed by atoms with Crippen molar-refractivity contribution in [2.45, 2.75) is 50.1 Å². The Kier molecular flexibility index (Phi) is 4.29. The highest BCUT2D eigenvalue weighted by atomic mass is 16.4. The second-order valence-corrected chi connectivity index (χ2v) is 5.88. The molecule has 0 atom stereocenters. The Morgan fingerprint density at radius 1 is 1.32 bits per heavy atom. The lowest BCUT2D eigenvalue weighted by Crippen LogP contribution is -2.59. The number of carboxylic acid groups (broad SMARTS) is 1. The van der Waals surface area contributed by atoms with E-state index < -0.39 is 11.5 Å². The second kappa shape index (κ2) is 5.77. The number of hydrogen-bond acceptors (Lipinski definition) is 3. The van der Waals surface area contributed by atoms with Crippen LogP contribution < -0.4 is 10.6 Å². The van der Waals surface area contributed by atoms with Gasteiger partial charge in [0.25, 0.3) is 0 Å². The summed E-state index contributed by atoms with van der Waals surface area (Å²) in [6, 6.07) is -0.00587. The average molecular weight is 269 g/mol. The fraction of sp³-hybridized carbons (Fsp3) is 0.846. The zero-order valence-corrected chi connectivity index (χ0v) is 11.4. The minimum Gasteiger partial charge on any atom is -0.481 e. The molecule has 0 aromatic rings. The number of nitrogens with zero attached hydrogens (tertiary/aromatic N) is 1. The van der Waals surface area contributed by atoms with Crippen molar-refractivity contribution in [3.63, 3.8) is 0 Å². The van der Waals surface area contributed by atoms with E-state index in [1.54, 1.807) is 0 Å². The number of nitrogens with one attached hydrogen (secondary N) is 2. The quantitative estimate of drug-likeness (QED) is 0.704.